The molecule has 0 radical (unpaired) electrons. The zero-order valence-corrected chi connectivity index (χ0v) is 40.5. The summed E-state index contributed by atoms with van der Waals surface area (Å²) in [6.07, 6.45) is 71.2. The minimum Gasteiger partial charge on any atom is -0.394 e. The number of hydrogen-bond donors (Lipinski definition) is 3. The molecule has 2 atom stereocenters. The molecule has 0 heterocycles. The average molecular weight is 840 g/mol. The van der Waals surface area contributed by atoms with E-state index in [1.807, 2.05) is 6.08 Å². The van der Waals surface area contributed by atoms with Gasteiger partial charge >= 0.3 is 0 Å². The van der Waals surface area contributed by atoms with Crippen LogP contribution in [0.4, 0.5) is 0 Å². The van der Waals surface area contributed by atoms with Gasteiger partial charge in [0, 0.05) is 6.42 Å². The second-order valence-electron chi connectivity index (χ2n) is 18.3. The van der Waals surface area contributed by atoms with Gasteiger partial charge in [0.2, 0.25) is 5.91 Å². The Morgan fingerprint density at radius 1 is 0.383 bits per heavy atom. The monoisotopic (exact) mass is 840 g/mol. The van der Waals surface area contributed by atoms with Gasteiger partial charge in [-0.2, -0.15) is 0 Å². The Hall–Kier alpha value is -1.65. The lowest BCUT2D eigenvalue weighted by Crippen LogP contribution is -2.45. The molecule has 0 aromatic heterocycles. The van der Waals surface area contributed by atoms with Crippen LogP contribution in [-0.2, 0) is 4.79 Å². The molecule has 0 saturated carbocycles. The Balaban J connectivity index is 3.57. The van der Waals surface area contributed by atoms with Crippen LogP contribution >= 0.6 is 0 Å². The molecule has 1 amide bonds. The highest BCUT2D eigenvalue weighted by molar-refractivity contribution is 5.76. The molecule has 0 aliphatic rings. The lowest BCUT2D eigenvalue weighted by molar-refractivity contribution is -0.123. The van der Waals surface area contributed by atoms with Gasteiger partial charge in [0.15, 0.2) is 0 Å². The van der Waals surface area contributed by atoms with Crippen molar-refractivity contribution >= 4 is 5.91 Å². The summed E-state index contributed by atoms with van der Waals surface area (Å²) in [6, 6.07) is -0.648. The van der Waals surface area contributed by atoms with Gasteiger partial charge < -0.3 is 15.5 Å². The maximum Gasteiger partial charge on any atom is 0.220 e. The van der Waals surface area contributed by atoms with Crippen LogP contribution in [0.25, 0.3) is 0 Å². The molecule has 352 valence electrons. The van der Waals surface area contributed by atoms with E-state index in [-0.39, 0.29) is 12.5 Å². The normalized spacial score (nSPS) is 13.2. The third-order valence-electron chi connectivity index (χ3n) is 12.3. The smallest absolute Gasteiger partial charge is 0.220 e. The molecule has 0 aliphatic carbocycles. The molecule has 0 aromatic rings. The molecule has 4 heteroatoms. The van der Waals surface area contributed by atoms with Crippen LogP contribution in [-0.4, -0.2) is 34.9 Å². The number of unbranched alkanes of at least 4 members (excludes halogenated alkanes) is 36. The van der Waals surface area contributed by atoms with Gasteiger partial charge in [-0.3, -0.25) is 4.79 Å². The summed E-state index contributed by atoms with van der Waals surface area (Å²) in [5, 5.41) is 23.1. The fraction of sp³-hybridized carbons (Fsp3) is 0.839. The summed E-state index contributed by atoms with van der Waals surface area (Å²) >= 11 is 0. The molecule has 0 fully saturated rings. The van der Waals surface area contributed by atoms with Gasteiger partial charge in [0.1, 0.15) is 0 Å². The number of carbonyl (C=O) groups excluding carboxylic acids is 1. The third-order valence-corrected chi connectivity index (χ3v) is 12.3. The Labute approximate surface area is 375 Å². The van der Waals surface area contributed by atoms with Crippen molar-refractivity contribution in [2.45, 2.75) is 296 Å². The Bertz CT molecular complexity index is 954. The van der Waals surface area contributed by atoms with Crippen molar-refractivity contribution in [1.82, 2.24) is 5.32 Å². The van der Waals surface area contributed by atoms with Crippen LogP contribution in [0.2, 0.25) is 0 Å². The molecular formula is C56H105NO3. The maximum absolute atomic E-state index is 12.4. The number of amides is 1. The van der Waals surface area contributed by atoms with E-state index in [4.69, 9.17) is 0 Å². The lowest BCUT2D eigenvalue weighted by Gasteiger charge is -2.19. The second kappa shape index (κ2) is 51.7. The minimum absolute atomic E-state index is 0.0782. The van der Waals surface area contributed by atoms with E-state index in [9.17, 15) is 15.0 Å². The summed E-state index contributed by atoms with van der Waals surface area (Å²) in [7, 11) is 0. The minimum atomic E-state index is -0.872. The quantitative estimate of drug-likeness (QED) is 0.0422. The van der Waals surface area contributed by atoms with Gasteiger partial charge in [0.25, 0.3) is 0 Å². The first-order chi connectivity index (χ1) is 29.7. The molecule has 0 rings (SSSR count). The number of hydrogen-bond acceptors (Lipinski definition) is 3. The molecule has 3 N–H and O–H groups in total. The topological polar surface area (TPSA) is 69.6 Å². The number of aliphatic hydroxyl groups excluding tert-OH is 2. The first-order valence-corrected chi connectivity index (χ1v) is 26.9. The molecular weight excluding hydrogens is 735 g/mol. The molecule has 0 bridgehead atoms. The van der Waals surface area contributed by atoms with Crippen molar-refractivity contribution in [3.05, 3.63) is 48.6 Å². The van der Waals surface area contributed by atoms with E-state index < -0.39 is 12.1 Å². The number of rotatable bonds is 49. The predicted octanol–water partition coefficient (Wildman–Crippen LogP) is 17.5. The van der Waals surface area contributed by atoms with E-state index in [0.29, 0.717) is 6.42 Å². The van der Waals surface area contributed by atoms with Crippen LogP contribution in [0.1, 0.15) is 284 Å². The highest BCUT2D eigenvalue weighted by Crippen LogP contribution is 2.16. The van der Waals surface area contributed by atoms with Crippen molar-refractivity contribution in [3.63, 3.8) is 0 Å². The van der Waals surface area contributed by atoms with E-state index >= 15 is 0 Å². The zero-order valence-electron chi connectivity index (χ0n) is 40.5. The van der Waals surface area contributed by atoms with Crippen molar-refractivity contribution in [2.24, 2.45) is 0 Å². The van der Waals surface area contributed by atoms with E-state index in [0.717, 1.165) is 38.5 Å². The van der Waals surface area contributed by atoms with Crippen molar-refractivity contribution in [3.8, 4) is 0 Å². The molecule has 4 nitrogen and oxygen atoms in total. The molecule has 60 heavy (non-hydrogen) atoms. The van der Waals surface area contributed by atoms with E-state index in [1.165, 1.54) is 225 Å². The summed E-state index contributed by atoms with van der Waals surface area (Å²) in [5.41, 5.74) is 0. The highest BCUT2D eigenvalue weighted by Gasteiger charge is 2.17. The van der Waals surface area contributed by atoms with Crippen LogP contribution in [0.15, 0.2) is 48.6 Å². The molecule has 0 spiro atoms. The number of allylic oxidation sites excluding steroid dienone is 7. The molecule has 0 saturated heterocycles. The van der Waals surface area contributed by atoms with Gasteiger partial charge in [-0.1, -0.05) is 255 Å². The second-order valence-corrected chi connectivity index (χ2v) is 18.3. The van der Waals surface area contributed by atoms with Crippen LogP contribution in [0.5, 0.6) is 0 Å². The summed E-state index contributed by atoms with van der Waals surface area (Å²) < 4.78 is 0. The lowest BCUT2D eigenvalue weighted by atomic mass is 10.0. The standard InChI is InChI=1S/C56H105NO3/c1-3-5-7-9-11-13-15-17-19-21-23-25-26-27-28-29-30-32-33-35-37-39-41-43-45-47-49-51-55(59)54(53-58)57-56(60)52-50-48-46-44-42-40-38-36-34-31-24-22-20-18-16-14-12-10-8-6-4-2/h22,24,33,35,41,43,49,51,54-55,58-59H,3-21,23,25-32,34,36-40,42,44-48,50,52-53H2,1-2H3,(H,57,60)/b24-22-,35-33+,43-41+,51-49+. The van der Waals surface area contributed by atoms with Crippen LogP contribution in [0.3, 0.4) is 0 Å². The third kappa shape index (κ3) is 47.4. The molecule has 2 unspecified atom stereocenters. The van der Waals surface area contributed by atoms with Crippen molar-refractivity contribution < 1.29 is 15.0 Å². The van der Waals surface area contributed by atoms with Crippen LogP contribution < -0.4 is 5.32 Å². The van der Waals surface area contributed by atoms with Crippen molar-refractivity contribution in [2.75, 3.05) is 6.61 Å². The fourth-order valence-corrected chi connectivity index (χ4v) is 8.15. The first-order valence-electron chi connectivity index (χ1n) is 26.9. The molecule has 0 aliphatic heterocycles. The summed E-state index contributed by atoms with van der Waals surface area (Å²) in [5.74, 6) is -0.0782. The van der Waals surface area contributed by atoms with Gasteiger partial charge in [0.05, 0.1) is 18.8 Å². The Morgan fingerprint density at radius 3 is 0.967 bits per heavy atom. The maximum atomic E-state index is 12.4. The number of carbonyl (C=O) groups is 1. The Kier molecular flexibility index (Phi) is 50.3. The van der Waals surface area contributed by atoms with E-state index in [2.05, 4.69) is 55.6 Å². The average Bonchev–Trinajstić information content (AvgIpc) is 3.25. The fourth-order valence-electron chi connectivity index (χ4n) is 8.15. The van der Waals surface area contributed by atoms with Gasteiger partial charge in [-0.15, -0.1) is 0 Å². The zero-order chi connectivity index (χ0) is 43.5. The van der Waals surface area contributed by atoms with Gasteiger partial charge in [-0.05, 0) is 70.6 Å². The summed E-state index contributed by atoms with van der Waals surface area (Å²) in [6.45, 7) is 4.32. The SMILES string of the molecule is CCCCCCCCCC/C=C\CCCCCCCCCCCC(=O)NC(CO)C(O)/C=C/CC/C=C/CC/C=C/CCCCCCCCCCCCCCCCCCC. The Morgan fingerprint density at radius 2 is 0.650 bits per heavy atom. The largest absolute Gasteiger partial charge is 0.394 e. The number of aliphatic hydroxyl groups is 2. The highest BCUT2D eigenvalue weighted by atomic mass is 16.3. The number of nitrogens with one attached hydrogen (secondary N) is 1. The van der Waals surface area contributed by atoms with E-state index in [1.54, 1.807) is 6.08 Å². The predicted molar refractivity (Wildman–Crippen MR) is 267 cm³/mol. The molecule has 0 aromatic carbocycles. The van der Waals surface area contributed by atoms with Gasteiger partial charge in [-0.25, -0.2) is 0 Å². The van der Waals surface area contributed by atoms with Crippen molar-refractivity contribution in [1.29, 1.82) is 0 Å². The summed E-state index contributed by atoms with van der Waals surface area (Å²) in [4.78, 5) is 12.4. The first kappa shape index (κ1) is 58.4. The van der Waals surface area contributed by atoms with Crippen LogP contribution in [0, 0.1) is 0 Å².